The number of halogens is 2. The number of allylic oxidation sites excluding steroid dienone is 2. The molecule has 5 fully saturated rings. The van der Waals surface area contributed by atoms with Crippen LogP contribution in [0.5, 0.6) is 0 Å². The van der Waals surface area contributed by atoms with Gasteiger partial charge in [0.2, 0.25) is 0 Å². The molecular weight excluding hydrogens is 827 g/mol. The molecule has 2 unspecified atom stereocenters. The molecule has 0 heterocycles. The third-order valence-corrected chi connectivity index (χ3v) is 33.7. The summed E-state index contributed by atoms with van der Waals surface area (Å²) in [6.07, 6.45) is 20.9. The average molecular weight is 893 g/mol. The molecule has 0 saturated heterocycles. The van der Waals surface area contributed by atoms with Crippen molar-refractivity contribution < 1.29 is 17.4 Å². The summed E-state index contributed by atoms with van der Waals surface area (Å²) >= 11 is -3.76. The van der Waals surface area contributed by atoms with E-state index in [0.29, 0.717) is 12.7 Å². The van der Waals surface area contributed by atoms with E-state index >= 15 is 0 Å². The van der Waals surface area contributed by atoms with E-state index in [4.69, 9.17) is 0 Å². The molecule has 0 aromatic heterocycles. The zero-order valence-electron chi connectivity index (χ0n) is 35.5. The Morgan fingerprint density at radius 2 is 1.14 bits per heavy atom. The molecule has 5 saturated carbocycles. The number of fused-ring (bicyclic) bond motifs is 2. The van der Waals surface area contributed by atoms with Crippen molar-refractivity contribution in [3.63, 3.8) is 0 Å². The first-order valence-electron chi connectivity index (χ1n) is 22.3. The molecular formula is C53H66Cl2SiZr. The summed E-state index contributed by atoms with van der Waals surface area (Å²) in [7, 11) is 0. The Morgan fingerprint density at radius 3 is 1.65 bits per heavy atom. The third-order valence-electron chi connectivity index (χ3n) is 16.3. The fourth-order valence-electron chi connectivity index (χ4n) is 14.3. The van der Waals surface area contributed by atoms with Crippen molar-refractivity contribution in [2.24, 2.45) is 23.7 Å². The van der Waals surface area contributed by atoms with Gasteiger partial charge in [0, 0.05) is 0 Å². The van der Waals surface area contributed by atoms with Crippen molar-refractivity contribution in [3.8, 4) is 22.3 Å². The van der Waals surface area contributed by atoms with Crippen LogP contribution in [0.3, 0.4) is 0 Å². The predicted octanol–water partition coefficient (Wildman–Crippen LogP) is 15.1. The van der Waals surface area contributed by atoms with Crippen LogP contribution >= 0.6 is 24.8 Å². The molecule has 11 rings (SSSR count). The largest absolute Gasteiger partial charge is 0.147 e. The van der Waals surface area contributed by atoms with E-state index < -0.39 is 17.4 Å². The molecule has 0 radical (unpaired) electrons. The van der Waals surface area contributed by atoms with Crippen molar-refractivity contribution in [1.29, 1.82) is 0 Å². The van der Waals surface area contributed by atoms with E-state index in [1.165, 1.54) is 103 Å². The normalized spacial score (nSPS) is 27.7. The van der Waals surface area contributed by atoms with Gasteiger partial charge < -0.3 is 0 Å². The minimum absolute atomic E-state index is 0. The fraction of sp³-hybridized carbons (Fsp3) is 0.472. The molecule has 0 amide bonds. The average Bonchev–Trinajstić information content (AvgIpc) is 3.92. The molecule has 4 bridgehead atoms. The summed E-state index contributed by atoms with van der Waals surface area (Å²) in [6, 6.07) is 34.4. The molecule has 0 aliphatic heterocycles. The maximum absolute atomic E-state index is 3.76. The molecule has 4 aromatic carbocycles. The second-order valence-corrected chi connectivity index (χ2v) is 52.2. The SMILES string of the molecule is CCC1=Cc2c(-c3ccc(C45CC6CC(CC(C6)C4)C5)cc3)cccc2[CH]1[Zr]([CH3])([CH3])(=[SiH2])[CH]1C(C2CCCC2)=Cc2c(-c3ccc(C(C)(C)C)cc3)cccc21.Cl.Cl. The van der Waals surface area contributed by atoms with Crippen LogP contribution in [0.4, 0.5) is 0 Å². The second kappa shape index (κ2) is 14.9. The van der Waals surface area contributed by atoms with Gasteiger partial charge in [-0.15, -0.1) is 24.8 Å². The van der Waals surface area contributed by atoms with E-state index in [9.17, 15) is 0 Å². The van der Waals surface area contributed by atoms with Crippen LogP contribution in [0.25, 0.3) is 34.4 Å². The van der Waals surface area contributed by atoms with Crippen molar-refractivity contribution in [1.82, 2.24) is 0 Å². The third kappa shape index (κ3) is 6.86. The van der Waals surface area contributed by atoms with Crippen LogP contribution in [0.1, 0.15) is 139 Å². The molecule has 0 N–H and O–H groups in total. The van der Waals surface area contributed by atoms with Crippen LogP contribution in [0, 0.1) is 23.7 Å². The molecule has 7 aliphatic carbocycles. The molecule has 0 nitrogen and oxygen atoms in total. The Bertz CT molecular complexity index is 2270. The van der Waals surface area contributed by atoms with E-state index in [2.05, 4.69) is 141 Å². The fourth-order valence-corrected chi connectivity index (χ4v) is 34.1. The smallest absolute Gasteiger partial charge is 0.147 e. The minimum Gasteiger partial charge on any atom is -0.147 e. The quantitative estimate of drug-likeness (QED) is 0.162. The molecule has 4 aromatic rings. The van der Waals surface area contributed by atoms with Crippen molar-refractivity contribution in [2.75, 3.05) is 0 Å². The topological polar surface area (TPSA) is 0 Å². The number of hydrogen-bond acceptors (Lipinski definition) is 0. The monoisotopic (exact) mass is 890 g/mol. The Morgan fingerprint density at radius 1 is 0.649 bits per heavy atom. The summed E-state index contributed by atoms with van der Waals surface area (Å²) in [6.45, 7) is 11.9. The maximum atomic E-state index is 2.86. The first-order valence-corrected chi connectivity index (χ1v) is 35.9. The van der Waals surface area contributed by atoms with E-state index in [-0.39, 0.29) is 30.2 Å². The van der Waals surface area contributed by atoms with E-state index in [0.717, 1.165) is 30.1 Å². The van der Waals surface area contributed by atoms with Gasteiger partial charge in [-0.1, -0.05) is 0 Å². The molecule has 0 spiro atoms. The number of benzene rings is 4. The zero-order valence-corrected chi connectivity index (χ0v) is 41.0. The van der Waals surface area contributed by atoms with Gasteiger partial charge in [-0.05, 0) is 0 Å². The van der Waals surface area contributed by atoms with Crippen LogP contribution < -0.4 is 0 Å². The summed E-state index contributed by atoms with van der Waals surface area (Å²) in [5.74, 6) is 3.67. The summed E-state index contributed by atoms with van der Waals surface area (Å²) in [4.78, 5) is 0. The second-order valence-electron chi connectivity index (χ2n) is 21.7. The van der Waals surface area contributed by atoms with E-state index in [1.54, 1.807) is 27.8 Å². The number of rotatable bonds is 7. The first kappa shape index (κ1) is 41.8. The van der Waals surface area contributed by atoms with Gasteiger partial charge in [0.05, 0.1) is 0 Å². The Hall–Kier alpha value is -1.96. The van der Waals surface area contributed by atoms with Crippen LogP contribution in [-0.2, 0) is 28.2 Å². The van der Waals surface area contributed by atoms with Crippen molar-refractivity contribution >= 4 is 43.8 Å². The van der Waals surface area contributed by atoms with Gasteiger partial charge in [-0.2, -0.15) is 0 Å². The van der Waals surface area contributed by atoms with Gasteiger partial charge in [-0.3, -0.25) is 0 Å². The molecule has 7 aliphatic rings. The first-order chi connectivity index (χ1) is 26.3. The van der Waals surface area contributed by atoms with Crippen LogP contribution in [-0.4, -0.2) is 6.88 Å². The Labute approximate surface area is 359 Å². The Kier molecular flexibility index (Phi) is 10.9. The van der Waals surface area contributed by atoms with Crippen molar-refractivity contribution in [3.05, 3.63) is 129 Å². The molecule has 4 heteroatoms. The Balaban J connectivity index is 0.00000228. The zero-order chi connectivity index (χ0) is 37.9. The van der Waals surface area contributed by atoms with Gasteiger partial charge in [0.25, 0.3) is 0 Å². The van der Waals surface area contributed by atoms with Crippen LogP contribution in [0.2, 0.25) is 9.26 Å². The maximum Gasteiger partial charge on any atom is -0.147 e. The van der Waals surface area contributed by atoms with Gasteiger partial charge in [0.1, 0.15) is 0 Å². The van der Waals surface area contributed by atoms with Gasteiger partial charge in [0.15, 0.2) is 0 Å². The summed E-state index contributed by atoms with van der Waals surface area (Å²) < 4.78 is 6.86. The van der Waals surface area contributed by atoms with Gasteiger partial charge in [-0.25, -0.2) is 0 Å². The summed E-state index contributed by atoms with van der Waals surface area (Å²) in [5.41, 5.74) is 19.2. The predicted molar refractivity (Wildman–Crippen MR) is 251 cm³/mol. The van der Waals surface area contributed by atoms with Crippen molar-refractivity contribution in [2.45, 2.75) is 126 Å². The summed E-state index contributed by atoms with van der Waals surface area (Å²) in [5, 5.41) is 0. The standard InChI is InChI=1S/C27H29.C24H27.2CH3.2ClH.H2Si.Zr/c1-2-18-13-23-4-3-5-25(26(23)14-18)22-6-8-24(9-7-22)27-15-19-10-20(16-27)12-21(11-19)17-27;1-24(2,3)21-13-11-18(12-14-21)22-10-6-9-19-15-20(16-23(19)22)17-7-4-5-8-17;;;;;;/h3-9,13-14,19-21H,2,10-12,15-17H2,1H3;6,9-17H,4-5,7-8H2,1-3H3;2*1H3;2*1H;1H2;. The minimum atomic E-state index is -3.76. The molecule has 2 atom stereocenters. The van der Waals surface area contributed by atoms with Gasteiger partial charge >= 0.3 is 337 Å². The molecule has 300 valence electrons. The number of hydrogen-bond donors (Lipinski definition) is 0. The molecule has 57 heavy (non-hydrogen) atoms. The van der Waals surface area contributed by atoms with E-state index in [1.807, 2.05) is 0 Å². The van der Waals surface area contributed by atoms with Crippen LogP contribution in [0.15, 0.2) is 96.1 Å².